The smallest absolute Gasteiger partial charge is 0.267 e. The highest BCUT2D eigenvalue weighted by Gasteiger charge is 2.13. The zero-order valence-electron chi connectivity index (χ0n) is 15.9. The molecule has 140 valence electrons. The number of anilines is 2. The normalized spacial score (nSPS) is 10.7. The lowest BCUT2D eigenvalue weighted by molar-refractivity contribution is -0.112. The Hall–Kier alpha value is -3.46. The number of nitrogens with one attached hydrogen (secondary N) is 2. The molecule has 1 amide bonds. The van der Waals surface area contributed by atoms with Crippen LogP contribution in [0.1, 0.15) is 18.1 Å². The van der Waals surface area contributed by atoms with E-state index in [4.69, 9.17) is 9.47 Å². The summed E-state index contributed by atoms with van der Waals surface area (Å²) in [6.07, 6.45) is 2.15. The van der Waals surface area contributed by atoms with Crippen LogP contribution in [0.15, 0.2) is 48.2 Å². The van der Waals surface area contributed by atoms with E-state index in [1.807, 2.05) is 38.1 Å². The second-order valence-corrected chi connectivity index (χ2v) is 5.80. The SMILES string of the molecule is CCc1cccc(C)c1NC(=O)/C(C#N)=C\Nc1ccc(OC)cc1OC. The highest BCUT2D eigenvalue weighted by Crippen LogP contribution is 2.29. The van der Waals surface area contributed by atoms with E-state index < -0.39 is 5.91 Å². The van der Waals surface area contributed by atoms with Gasteiger partial charge in [-0.3, -0.25) is 4.79 Å². The molecule has 0 aromatic heterocycles. The van der Waals surface area contributed by atoms with Crippen molar-refractivity contribution in [2.75, 3.05) is 24.9 Å². The maximum atomic E-state index is 12.5. The maximum Gasteiger partial charge on any atom is 0.267 e. The summed E-state index contributed by atoms with van der Waals surface area (Å²) < 4.78 is 10.5. The molecular formula is C21H23N3O3. The number of nitriles is 1. The van der Waals surface area contributed by atoms with Gasteiger partial charge in [0.05, 0.1) is 19.9 Å². The number of para-hydroxylation sites is 1. The van der Waals surface area contributed by atoms with Gasteiger partial charge in [-0.25, -0.2) is 0 Å². The predicted octanol–water partition coefficient (Wildman–Crippen LogP) is 4.03. The molecule has 0 bridgehead atoms. The molecular weight excluding hydrogens is 342 g/mol. The van der Waals surface area contributed by atoms with Crippen LogP contribution in [0, 0.1) is 18.3 Å². The summed E-state index contributed by atoms with van der Waals surface area (Å²) in [6, 6.07) is 13.0. The third-order valence-electron chi connectivity index (χ3n) is 4.12. The van der Waals surface area contributed by atoms with Gasteiger partial charge in [-0.15, -0.1) is 0 Å². The largest absolute Gasteiger partial charge is 0.497 e. The lowest BCUT2D eigenvalue weighted by Gasteiger charge is -2.13. The summed E-state index contributed by atoms with van der Waals surface area (Å²) in [5, 5.41) is 15.2. The summed E-state index contributed by atoms with van der Waals surface area (Å²) in [5.74, 6) is 0.711. The number of ether oxygens (including phenoxy) is 2. The third-order valence-corrected chi connectivity index (χ3v) is 4.12. The molecule has 0 spiro atoms. The van der Waals surface area contributed by atoms with Crippen molar-refractivity contribution >= 4 is 17.3 Å². The van der Waals surface area contributed by atoms with Crippen molar-refractivity contribution in [2.45, 2.75) is 20.3 Å². The Kier molecular flexibility index (Phi) is 6.84. The summed E-state index contributed by atoms with van der Waals surface area (Å²) in [7, 11) is 3.10. The highest BCUT2D eigenvalue weighted by molar-refractivity contribution is 6.07. The number of methoxy groups -OCH3 is 2. The number of aryl methyl sites for hydroxylation is 2. The molecule has 0 saturated heterocycles. The van der Waals surface area contributed by atoms with E-state index in [0.29, 0.717) is 17.2 Å². The van der Waals surface area contributed by atoms with Gasteiger partial charge < -0.3 is 20.1 Å². The van der Waals surface area contributed by atoms with E-state index in [-0.39, 0.29) is 5.57 Å². The molecule has 6 nitrogen and oxygen atoms in total. The molecule has 0 atom stereocenters. The van der Waals surface area contributed by atoms with Crippen molar-refractivity contribution in [3.05, 3.63) is 59.3 Å². The number of hydrogen-bond acceptors (Lipinski definition) is 5. The minimum absolute atomic E-state index is 0.0434. The van der Waals surface area contributed by atoms with Crippen molar-refractivity contribution in [1.29, 1.82) is 5.26 Å². The summed E-state index contributed by atoms with van der Waals surface area (Å²) >= 11 is 0. The van der Waals surface area contributed by atoms with Crippen molar-refractivity contribution in [3.8, 4) is 17.6 Å². The number of amides is 1. The Morgan fingerprint density at radius 1 is 1.22 bits per heavy atom. The molecule has 0 saturated carbocycles. The molecule has 2 aromatic rings. The van der Waals surface area contributed by atoms with E-state index in [1.165, 1.54) is 13.3 Å². The van der Waals surface area contributed by atoms with Gasteiger partial charge >= 0.3 is 0 Å². The highest BCUT2D eigenvalue weighted by atomic mass is 16.5. The molecule has 0 unspecified atom stereocenters. The molecule has 2 N–H and O–H groups in total. The van der Waals surface area contributed by atoms with Gasteiger partial charge in [0.15, 0.2) is 0 Å². The fraction of sp³-hybridized carbons (Fsp3) is 0.238. The number of carbonyl (C=O) groups excluding carboxylic acids is 1. The van der Waals surface area contributed by atoms with Gasteiger partial charge in [-0.05, 0) is 36.6 Å². The number of benzene rings is 2. The fourth-order valence-electron chi connectivity index (χ4n) is 2.60. The topological polar surface area (TPSA) is 83.4 Å². The average Bonchev–Trinajstić information content (AvgIpc) is 2.69. The minimum atomic E-state index is -0.471. The van der Waals surface area contributed by atoms with Crippen LogP contribution < -0.4 is 20.1 Å². The summed E-state index contributed by atoms with van der Waals surface area (Å²) in [5.41, 5.74) is 3.28. The van der Waals surface area contributed by atoms with Crippen LogP contribution in [0.4, 0.5) is 11.4 Å². The van der Waals surface area contributed by atoms with E-state index in [2.05, 4.69) is 10.6 Å². The van der Waals surface area contributed by atoms with Gasteiger partial charge in [0.2, 0.25) is 0 Å². The number of hydrogen-bond donors (Lipinski definition) is 2. The fourth-order valence-corrected chi connectivity index (χ4v) is 2.60. The first kappa shape index (κ1) is 19.9. The van der Waals surface area contributed by atoms with E-state index in [9.17, 15) is 10.1 Å². The van der Waals surface area contributed by atoms with Crippen molar-refractivity contribution in [1.82, 2.24) is 0 Å². The lowest BCUT2D eigenvalue weighted by Crippen LogP contribution is -2.16. The van der Waals surface area contributed by atoms with Crippen LogP contribution in [0.3, 0.4) is 0 Å². The Balaban J connectivity index is 2.22. The van der Waals surface area contributed by atoms with Crippen LogP contribution in [0.2, 0.25) is 0 Å². The second-order valence-electron chi connectivity index (χ2n) is 5.80. The molecule has 0 fully saturated rings. The zero-order valence-corrected chi connectivity index (χ0v) is 15.9. The molecule has 27 heavy (non-hydrogen) atoms. The first-order valence-electron chi connectivity index (χ1n) is 8.52. The van der Waals surface area contributed by atoms with E-state index in [0.717, 1.165) is 23.2 Å². The van der Waals surface area contributed by atoms with Crippen LogP contribution in [-0.2, 0) is 11.2 Å². The van der Waals surface area contributed by atoms with E-state index >= 15 is 0 Å². The maximum absolute atomic E-state index is 12.5. The standard InChI is InChI=1S/C21H23N3O3/c1-5-15-8-6-7-14(2)20(15)24-21(25)16(12-22)13-23-18-10-9-17(26-3)11-19(18)27-4/h6-11,13,23H,5H2,1-4H3,(H,24,25)/b16-13-. The first-order valence-corrected chi connectivity index (χ1v) is 8.52. The molecule has 2 aromatic carbocycles. The molecule has 2 rings (SSSR count). The first-order chi connectivity index (χ1) is 13.0. The second kappa shape index (κ2) is 9.30. The van der Waals surface area contributed by atoms with Gasteiger partial charge in [0, 0.05) is 18.0 Å². The third kappa shape index (κ3) is 4.79. The molecule has 0 aliphatic rings. The quantitative estimate of drug-likeness (QED) is 0.572. The Bertz CT molecular complexity index is 898. The van der Waals surface area contributed by atoms with Gasteiger partial charge in [-0.1, -0.05) is 25.1 Å². The monoisotopic (exact) mass is 365 g/mol. The predicted molar refractivity (Wildman–Crippen MR) is 106 cm³/mol. The summed E-state index contributed by atoms with van der Waals surface area (Å²) in [6.45, 7) is 3.94. The molecule has 0 aliphatic heterocycles. The number of carbonyl (C=O) groups is 1. The van der Waals surface area contributed by atoms with Crippen LogP contribution in [0.25, 0.3) is 0 Å². The van der Waals surface area contributed by atoms with E-state index in [1.54, 1.807) is 25.3 Å². The average molecular weight is 365 g/mol. The number of nitrogens with zero attached hydrogens (tertiary/aromatic N) is 1. The van der Waals surface area contributed by atoms with Gasteiger partial charge in [-0.2, -0.15) is 5.26 Å². The zero-order chi connectivity index (χ0) is 19.8. The van der Waals surface area contributed by atoms with Crippen LogP contribution in [-0.4, -0.2) is 20.1 Å². The number of rotatable bonds is 7. The Morgan fingerprint density at radius 3 is 2.63 bits per heavy atom. The molecule has 0 heterocycles. The summed E-state index contributed by atoms with van der Waals surface area (Å²) in [4.78, 5) is 12.5. The molecule has 0 aliphatic carbocycles. The van der Waals surface area contributed by atoms with Crippen LogP contribution >= 0.6 is 0 Å². The van der Waals surface area contributed by atoms with Crippen molar-refractivity contribution in [2.24, 2.45) is 0 Å². The van der Waals surface area contributed by atoms with Gasteiger partial charge in [0.25, 0.3) is 5.91 Å². The Morgan fingerprint density at radius 2 is 2.00 bits per heavy atom. The van der Waals surface area contributed by atoms with Crippen molar-refractivity contribution < 1.29 is 14.3 Å². The van der Waals surface area contributed by atoms with Gasteiger partial charge in [0.1, 0.15) is 23.1 Å². The van der Waals surface area contributed by atoms with Crippen LogP contribution in [0.5, 0.6) is 11.5 Å². The van der Waals surface area contributed by atoms with Crippen molar-refractivity contribution in [3.63, 3.8) is 0 Å². The molecule has 6 heteroatoms. The lowest BCUT2D eigenvalue weighted by atomic mass is 10.1. The molecule has 0 radical (unpaired) electrons. The Labute approximate surface area is 159 Å². The minimum Gasteiger partial charge on any atom is -0.497 e.